The Hall–Kier alpha value is -3.33. The monoisotopic (exact) mass is 454 g/mol. The maximum absolute atomic E-state index is 13.6. The Morgan fingerprint density at radius 3 is 2.66 bits per heavy atom. The van der Waals surface area contributed by atoms with Crippen molar-refractivity contribution in [3.8, 4) is 17.3 Å². The smallest absolute Gasteiger partial charge is 0.237 e. The number of rotatable bonds is 4. The third-order valence-corrected chi connectivity index (χ3v) is 5.72. The van der Waals surface area contributed by atoms with E-state index in [1.54, 1.807) is 41.0 Å². The third-order valence-electron chi connectivity index (χ3n) is 5.43. The number of anilines is 2. The zero-order chi connectivity index (χ0) is 23.2. The van der Waals surface area contributed by atoms with Crippen LogP contribution >= 0.6 is 11.6 Å². The molecule has 0 fully saturated rings. The average molecular weight is 455 g/mol. The van der Waals surface area contributed by atoms with E-state index in [9.17, 15) is 4.39 Å². The number of benzene rings is 1. The number of aromatic nitrogens is 4. The summed E-state index contributed by atoms with van der Waals surface area (Å²) >= 11 is 5.97. The van der Waals surface area contributed by atoms with Crippen molar-refractivity contribution in [1.82, 2.24) is 19.5 Å². The van der Waals surface area contributed by atoms with Gasteiger partial charge in [-0.2, -0.15) is 4.98 Å². The highest BCUT2D eigenvalue weighted by Crippen LogP contribution is 2.37. The van der Waals surface area contributed by atoms with Crippen LogP contribution in [0.1, 0.15) is 34.1 Å². The molecule has 2 N–H and O–H groups in total. The molecule has 0 spiro atoms. The van der Waals surface area contributed by atoms with Crippen LogP contribution in [0.2, 0.25) is 5.02 Å². The molecule has 0 unspecified atom stereocenters. The van der Waals surface area contributed by atoms with Gasteiger partial charge in [-0.15, -0.1) is 0 Å². The average Bonchev–Trinajstić information content (AvgIpc) is 3.23. The molecule has 3 heterocycles. The zero-order valence-corrected chi connectivity index (χ0v) is 19.0. The Balaban J connectivity index is 1.88. The minimum atomic E-state index is -0.499. The number of hydrogen-bond donors (Lipinski definition) is 2. The van der Waals surface area contributed by atoms with Gasteiger partial charge in [0.15, 0.2) is 5.82 Å². The summed E-state index contributed by atoms with van der Waals surface area (Å²) < 4.78 is 15.4. The summed E-state index contributed by atoms with van der Waals surface area (Å²) in [6.45, 7) is 7.77. The van der Waals surface area contributed by atoms with Crippen molar-refractivity contribution in [1.29, 1.82) is 10.8 Å². The number of fused-ring (bicyclic) bond motifs is 1. The Kier molecular flexibility index (Phi) is 5.68. The van der Waals surface area contributed by atoms with Gasteiger partial charge in [0.05, 0.1) is 17.3 Å². The lowest BCUT2D eigenvalue weighted by Crippen LogP contribution is -2.56. The van der Waals surface area contributed by atoms with E-state index in [2.05, 4.69) is 28.7 Å². The number of nitrogens with one attached hydrogen (secondary N) is 2. The number of imidazole rings is 1. The van der Waals surface area contributed by atoms with Gasteiger partial charge < -0.3 is 4.90 Å². The molecule has 0 aliphatic carbocycles. The van der Waals surface area contributed by atoms with E-state index in [0.717, 1.165) is 0 Å². The van der Waals surface area contributed by atoms with Crippen LogP contribution < -0.4 is 9.80 Å². The number of nitrogens with zero attached hydrogens (tertiary/aromatic N) is 6. The van der Waals surface area contributed by atoms with Gasteiger partial charge in [0, 0.05) is 24.0 Å². The predicted molar refractivity (Wildman–Crippen MR) is 125 cm³/mol. The molecule has 3 aromatic rings. The van der Waals surface area contributed by atoms with Gasteiger partial charge >= 0.3 is 0 Å². The van der Waals surface area contributed by atoms with E-state index in [1.165, 1.54) is 12.1 Å². The van der Waals surface area contributed by atoms with Gasteiger partial charge in [-0.1, -0.05) is 18.5 Å². The maximum atomic E-state index is 13.6. The zero-order valence-electron chi connectivity index (χ0n) is 18.3. The fourth-order valence-corrected chi connectivity index (χ4v) is 4.23. The van der Waals surface area contributed by atoms with Crippen LogP contribution in [0.3, 0.4) is 0 Å². The maximum Gasteiger partial charge on any atom is 0.237 e. The Morgan fingerprint density at radius 2 is 2.03 bits per heavy atom. The van der Waals surface area contributed by atoms with Crippen molar-refractivity contribution in [3.05, 3.63) is 47.6 Å². The van der Waals surface area contributed by atoms with Gasteiger partial charge in [-0.25, -0.2) is 14.4 Å². The van der Waals surface area contributed by atoms with Gasteiger partial charge in [0.2, 0.25) is 5.95 Å². The first-order valence-corrected chi connectivity index (χ1v) is 10.7. The van der Waals surface area contributed by atoms with Crippen LogP contribution in [-0.2, 0) is 0 Å². The second kappa shape index (κ2) is 8.31. The van der Waals surface area contributed by atoms with Gasteiger partial charge in [0.25, 0.3) is 0 Å². The summed E-state index contributed by atoms with van der Waals surface area (Å²) in [4.78, 5) is 17.4. The van der Waals surface area contributed by atoms with Crippen molar-refractivity contribution >= 4 is 34.8 Å². The van der Waals surface area contributed by atoms with Crippen LogP contribution in [0.5, 0.6) is 0 Å². The predicted octanol–water partition coefficient (Wildman–Crippen LogP) is 4.91. The number of hydrogen-bond acceptors (Lipinski definition) is 6. The fraction of sp³-hybridized carbons (Fsp3) is 0.318. The van der Waals surface area contributed by atoms with E-state index < -0.39 is 5.82 Å². The molecule has 0 bridgehead atoms. The molecular weight excluding hydrogens is 431 g/mol. The lowest BCUT2D eigenvalue weighted by Gasteiger charge is -2.45. The summed E-state index contributed by atoms with van der Waals surface area (Å²) in [7, 11) is 0. The van der Waals surface area contributed by atoms with E-state index in [1.807, 2.05) is 6.92 Å². The summed E-state index contributed by atoms with van der Waals surface area (Å²) in [5.41, 5.74) is 1.23. The molecule has 1 aliphatic rings. The van der Waals surface area contributed by atoms with Crippen LogP contribution in [0.4, 0.5) is 15.9 Å². The summed E-state index contributed by atoms with van der Waals surface area (Å²) in [6.07, 6.45) is 5.68. The highest BCUT2D eigenvalue weighted by atomic mass is 35.5. The normalized spacial score (nSPS) is 16.0. The SMILES string of the molecule is CC[C@@H]1C(=N)N(C(C)=N)c2cnc(-n3ccnc3-c3ccc(F)c(Cl)c3)nc2N1C(C)C. The van der Waals surface area contributed by atoms with Crippen molar-refractivity contribution in [3.63, 3.8) is 0 Å². The molecule has 4 rings (SSSR count). The molecule has 32 heavy (non-hydrogen) atoms. The molecule has 0 radical (unpaired) electrons. The second-order valence-corrected chi connectivity index (χ2v) is 8.27. The Bertz CT molecular complexity index is 1200. The van der Waals surface area contributed by atoms with Crippen LogP contribution in [0, 0.1) is 16.6 Å². The number of halogens is 2. The lowest BCUT2D eigenvalue weighted by atomic mass is 10.0. The molecule has 0 saturated carbocycles. The third kappa shape index (κ3) is 3.52. The first-order chi connectivity index (χ1) is 15.2. The minimum Gasteiger partial charge on any atom is -0.342 e. The molecule has 2 aromatic heterocycles. The van der Waals surface area contributed by atoms with Crippen molar-refractivity contribution in [2.45, 2.75) is 46.2 Å². The van der Waals surface area contributed by atoms with E-state index >= 15 is 0 Å². The van der Waals surface area contributed by atoms with Crippen LogP contribution in [0.25, 0.3) is 17.3 Å². The summed E-state index contributed by atoms with van der Waals surface area (Å²) in [6, 6.07) is 4.28. The first-order valence-electron chi connectivity index (χ1n) is 10.3. The molecule has 166 valence electrons. The van der Waals surface area contributed by atoms with E-state index in [0.29, 0.717) is 41.1 Å². The first kappa shape index (κ1) is 21.9. The summed E-state index contributed by atoms with van der Waals surface area (Å²) in [5.74, 6) is 1.63. The van der Waals surface area contributed by atoms with Gasteiger partial charge in [0.1, 0.15) is 29.0 Å². The fourth-order valence-electron chi connectivity index (χ4n) is 4.05. The molecule has 8 nitrogen and oxygen atoms in total. The minimum absolute atomic E-state index is 0.00999. The molecule has 1 atom stereocenters. The van der Waals surface area contributed by atoms with Crippen LogP contribution in [-0.4, -0.2) is 43.3 Å². The van der Waals surface area contributed by atoms with Gasteiger partial charge in [-0.3, -0.25) is 20.3 Å². The second-order valence-electron chi connectivity index (χ2n) is 7.86. The molecule has 1 aromatic carbocycles. The van der Waals surface area contributed by atoms with E-state index in [4.69, 9.17) is 27.4 Å². The standard InChI is InChI=1S/C22H24ClFN8/c1-5-17-19(26)32(13(4)25)18-11-28-22(29-21(18)31(17)12(2)3)30-9-8-27-20(30)14-6-7-16(24)15(23)10-14/h6-12,17,25-26H,5H2,1-4H3/t17-/m1/s1. The molecule has 0 saturated heterocycles. The van der Waals surface area contributed by atoms with Crippen molar-refractivity contribution in [2.24, 2.45) is 0 Å². The van der Waals surface area contributed by atoms with Gasteiger partial charge in [-0.05, 0) is 45.4 Å². The largest absolute Gasteiger partial charge is 0.342 e. The van der Waals surface area contributed by atoms with Crippen molar-refractivity contribution in [2.75, 3.05) is 9.80 Å². The molecular formula is C22H24ClFN8. The quantitative estimate of drug-likeness (QED) is 0.431. The highest BCUT2D eigenvalue weighted by Gasteiger charge is 2.38. The van der Waals surface area contributed by atoms with E-state index in [-0.39, 0.29) is 22.9 Å². The summed E-state index contributed by atoms with van der Waals surface area (Å²) in [5, 5.41) is 16.9. The van der Waals surface area contributed by atoms with Crippen LogP contribution in [0.15, 0.2) is 36.8 Å². The topological polar surface area (TPSA) is 97.8 Å². The molecule has 1 aliphatic heterocycles. The molecule has 10 heteroatoms. The Labute approximate surface area is 190 Å². The Morgan fingerprint density at radius 1 is 1.28 bits per heavy atom. The lowest BCUT2D eigenvalue weighted by molar-refractivity contribution is 0.596. The number of amidine groups is 2. The van der Waals surface area contributed by atoms with Crippen molar-refractivity contribution < 1.29 is 4.39 Å². The molecule has 0 amide bonds. The highest BCUT2D eigenvalue weighted by molar-refractivity contribution is 6.31.